The van der Waals surface area contributed by atoms with Gasteiger partial charge in [0.2, 0.25) is 0 Å². The summed E-state index contributed by atoms with van der Waals surface area (Å²) < 4.78 is 43.0. The number of anilines is 1. The van der Waals surface area contributed by atoms with Gasteiger partial charge in [-0.15, -0.1) is 0 Å². The lowest BCUT2D eigenvalue weighted by molar-refractivity contribution is -0.137. The molecule has 4 nitrogen and oxygen atoms in total. The van der Waals surface area contributed by atoms with Gasteiger partial charge in [0.25, 0.3) is 0 Å². The normalized spacial score (nSPS) is 11.4. The zero-order valence-corrected chi connectivity index (χ0v) is 13.4. The molecule has 9 heteroatoms. The van der Waals surface area contributed by atoms with Crippen LogP contribution in [0.2, 0.25) is 10.2 Å². The molecule has 0 aliphatic rings. The van der Waals surface area contributed by atoms with E-state index in [1.165, 1.54) is 12.4 Å². The Kier molecular flexibility index (Phi) is 5.54. The van der Waals surface area contributed by atoms with Gasteiger partial charge in [0.1, 0.15) is 29.7 Å². The maximum Gasteiger partial charge on any atom is 0.416 e. The van der Waals surface area contributed by atoms with Crippen molar-refractivity contribution in [2.24, 2.45) is 0 Å². The summed E-state index contributed by atoms with van der Waals surface area (Å²) in [4.78, 5) is 7.86. The molecule has 1 aromatic carbocycles. The highest BCUT2D eigenvalue weighted by Crippen LogP contribution is 2.34. The second-order valence-corrected chi connectivity index (χ2v) is 5.32. The van der Waals surface area contributed by atoms with Gasteiger partial charge in [-0.25, -0.2) is 9.97 Å². The molecule has 0 atom stereocenters. The molecule has 1 aromatic heterocycles. The van der Waals surface area contributed by atoms with E-state index in [-0.39, 0.29) is 17.4 Å². The molecular formula is C14H12Cl2F3N3O. The molecule has 1 N–H and O–H groups in total. The van der Waals surface area contributed by atoms with Gasteiger partial charge in [-0.3, -0.25) is 0 Å². The van der Waals surface area contributed by atoms with E-state index in [1.807, 2.05) is 0 Å². The van der Waals surface area contributed by atoms with Crippen LogP contribution in [0.1, 0.15) is 11.1 Å². The van der Waals surface area contributed by atoms with Crippen molar-refractivity contribution in [3.05, 3.63) is 45.8 Å². The van der Waals surface area contributed by atoms with Crippen molar-refractivity contribution in [1.82, 2.24) is 9.97 Å². The van der Waals surface area contributed by atoms with E-state index in [0.29, 0.717) is 23.1 Å². The predicted octanol–water partition coefficient (Wildman–Crippen LogP) is 4.60. The topological polar surface area (TPSA) is 47.0 Å². The van der Waals surface area contributed by atoms with Gasteiger partial charge < -0.3 is 10.1 Å². The number of nitrogens with zero attached hydrogens (tertiary/aromatic N) is 2. The lowest BCUT2D eigenvalue weighted by Gasteiger charge is -2.12. The van der Waals surface area contributed by atoms with Crippen LogP contribution < -0.4 is 10.1 Å². The van der Waals surface area contributed by atoms with E-state index in [2.05, 4.69) is 15.3 Å². The zero-order chi connectivity index (χ0) is 17.0. The fraction of sp³-hybridized carbons (Fsp3) is 0.286. The first kappa shape index (κ1) is 17.6. The maximum absolute atomic E-state index is 12.5. The van der Waals surface area contributed by atoms with E-state index >= 15 is 0 Å². The molecule has 0 spiro atoms. The van der Waals surface area contributed by atoms with Crippen LogP contribution in [0, 0.1) is 6.92 Å². The van der Waals surface area contributed by atoms with Gasteiger partial charge in [0.15, 0.2) is 0 Å². The Balaban J connectivity index is 1.91. The molecule has 0 saturated heterocycles. The molecule has 0 aliphatic carbocycles. The molecule has 0 unspecified atom stereocenters. The van der Waals surface area contributed by atoms with Crippen molar-refractivity contribution in [2.45, 2.75) is 13.1 Å². The maximum atomic E-state index is 12.5. The minimum absolute atomic E-state index is 0.0962. The Labute approximate surface area is 140 Å². The van der Waals surface area contributed by atoms with Gasteiger partial charge in [0.05, 0.1) is 17.1 Å². The van der Waals surface area contributed by atoms with Crippen LogP contribution in [0.5, 0.6) is 5.75 Å². The monoisotopic (exact) mass is 365 g/mol. The number of ether oxygens (including phenoxy) is 1. The minimum Gasteiger partial charge on any atom is -0.490 e. The second-order valence-electron chi connectivity index (χ2n) is 4.56. The number of halogens is 5. The van der Waals surface area contributed by atoms with Crippen LogP contribution in [-0.4, -0.2) is 23.1 Å². The van der Waals surface area contributed by atoms with E-state index < -0.39 is 11.7 Å². The van der Waals surface area contributed by atoms with Gasteiger partial charge in [-0.2, -0.15) is 13.2 Å². The molecular weight excluding hydrogens is 354 g/mol. The van der Waals surface area contributed by atoms with Crippen molar-refractivity contribution in [2.75, 3.05) is 18.5 Å². The van der Waals surface area contributed by atoms with Crippen molar-refractivity contribution >= 4 is 29.0 Å². The molecule has 23 heavy (non-hydrogen) atoms. The van der Waals surface area contributed by atoms with Crippen LogP contribution >= 0.6 is 23.2 Å². The zero-order valence-electron chi connectivity index (χ0n) is 11.9. The summed E-state index contributed by atoms with van der Waals surface area (Å²) in [6.07, 6.45) is -3.11. The first-order valence-corrected chi connectivity index (χ1v) is 7.25. The second kappa shape index (κ2) is 7.23. The highest BCUT2D eigenvalue weighted by atomic mass is 35.5. The third kappa shape index (κ3) is 4.62. The number of hydrogen-bond donors (Lipinski definition) is 1. The Bertz CT molecular complexity index is 695. The summed E-state index contributed by atoms with van der Waals surface area (Å²) in [6, 6.07) is 2.94. The van der Waals surface area contributed by atoms with E-state index in [1.54, 1.807) is 6.92 Å². The third-order valence-corrected chi connectivity index (χ3v) is 3.61. The number of nitrogens with one attached hydrogen (secondary N) is 1. The van der Waals surface area contributed by atoms with Crippen LogP contribution in [0.4, 0.5) is 19.0 Å². The van der Waals surface area contributed by atoms with Crippen molar-refractivity contribution in [3.63, 3.8) is 0 Å². The van der Waals surface area contributed by atoms with Gasteiger partial charge in [0, 0.05) is 5.56 Å². The van der Waals surface area contributed by atoms with Gasteiger partial charge in [-0.1, -0.05) is 23.2 Å². The summed E-state index contributed by atoms with van der Waals surface area (Å²) in [5.74, 6) is 0.742. The van der Waals surface area contributed by atoms with Gasteiger partial charge in [-0.05, 0) is 25.1 Å². The molecule has 2 aromatic rings. The van der Waals surface area contributed by atoms with E-state index in [0.717, 1.165) is 12.1 Å². The third-order valence-electron chi connectivity index (χ3n) is 2.93. The summed E-state index contributed by atoms with van der Waals surface area (Å²) in [5.41, 5.74) is -0.124. The minimum atomic E-state index is -4.44. The number of benzene rings is 1. The molecule has 0 radical (unpaired) electrons. The lowest BCUT2D eigenvalue weighted by Crippen LogP contribution is -2.14. The Morgan fingerprint density at radius 1 is 1.22 bits per heavy atom. The molecule has 124 valence electrons. The highest BCUT2D eigenvalue weighted by molar-refractivity contribution is 6.32. The lowest BCUT2D eigenvalue weighted by atomic mass is 10.2. The van der Waals surface area contributed by atoms with E-state index in [9.17, 15) is 13.2 Å². The fourth-order valence-corrected chi connectivity index (χ4v) is 2.10. The predicted molar refractivity (Wildman–Crippen MR) is 82.2 cm³/mol. The van der Waals surface area contributed by atoms with E-state index in [4.69, 9.17) is 27.9 Å². The SMILES string of the molecule is Cc1c(Cl)ncnc1NCCOc1ccc(C(F)(F)F)cc1Cl. The quantitative estimate of drug-likeness (QED) is 0.621. The highest BCUT2D eigenvalue weighted by Gasteiger charge is 2.31. The van der Waals surface area contributed by atoms with Crippen LogP contribution in [0.15, 0.2) is 24.5 Å². The van der Waals surface area contributed by atoms with Crippen LogP contribution in [0.25, 0.3) is 0 Å². The molecule has 0 aliphatic heterocycles. The van der Waals surface area contributed by atoms with Crippen molar-refractivity contribution in [3.8, 4) is 5.75 Å². The first-order chi connectivity index (χ1) is 10.8. The van der Waals surface area contributed by atoms with Crippen LogP contribution in [-0.2, 0) is 6.18 Å². The number of hydrogen-bond acceptors (Lipinski definition) is 4. The molecule has 2 rings (SSSR count). The largest absolute Gasteiger partial charge is 0.490 e. The molecule has 0 fully saturated rings. The Morgan fingerprint density at radius 2 is 1.96 bits per heavy atom. The number of alkyl halides is 3. The molecule has 0 bridgehead atoms. The summed E-state index contributed by atoms with van der Waals surface area (Å²) >= 11 is 11.7. The first-order valence-electron chi connectivity index (χ1n) is 6.49. The summed E-state index contributed by atoms with van der Waals surface area (Å²) in [6.45, 7) is 2.32. The molecule has 0 amide bonds. The smallest absolute Gasteiger partial charge is 0.416 e. The van der Waals surface area contributed by atoms with Crippen LogP contribution in [0.3, 0.4) is 0 Å². The molecule has 0 saturated carbocycles. The summed E-state index contributed by atoms with van der Waals surface area (Å²) in [5, 5.41) is 3.24. The Morgan fingerprint density at radius 3 is 2.61 bits per heavy atom. The Hall–Kier alpha value is -1.73. The average Bonchev–Trinajstić information content (AvgIpc) is 2.48. The number of aromatic nitrogens is 2. The average molecular weight is 366 g/mol. The standard InChI is InChI=1S/C14H12Cl2F3N3O/c1-8-12(16)21-7-22-13(8)20-4-5-23-11-3-2-9(6-10(11)15)14(17,18)19/h2-3,6-7H,4-5H2,1H3,(H,20,21,22). The summed E-state index contributed by atoms with van der Waals surface area (Å²) in [7, 11) is 0. The van der Waals surface area contributed by atoms with Crippen molar-refractivity contribution < 1.29 is 17.9 Å². The molecule has 1 heterocycles. The van der Waals surface area contributed by atoms with Gasteiger partial charge >= 0.3 is 6.18 Å². The number of rotatable bonds is 5. The fourth-order valence-electron chi connectivity index (χ4n) is 1.73. The van der Waals surface area contributed by atoms with Crippen molar-refractivity contribution in [1.29, 1.82) is 0 Å².